The molecule has 20 heavy (non-hydrogen) atoms. The molecule has 1 aliphatic heterocycles. The van der Waals surface area contributed by atoms with Crippen molar-refractivity contribution in [2.75, 3.05) is 18.1 Å². The van der Waals surface area contributed by atoms with Gasteiger partial charge in [-0.05, 0) is 18.2 Å². The number of aromatic nitrogens is 2. The summed E-state index contributed by atoms with van der Waals surface area (Å²) in [4.78, 5) is 5.57. The zero-order chi connectivity index (χ0) is 13.8. The number of nitrogens with zero attached hydrogens (tertiary/aromatic N) is 2. The molecule has 1 fully saturated rings. The Morgan fingerprint density at radius 2 is 2.45 bits per heavy atom. The predicted molar refractivity (Wildman–Crippen MR) is 83.4 cm³/mol. The van der Waals surface area contributed by atoms with Gasteiger partial charge in [-0.25, -0.2) is 0 Å². The summed E-state index contributed by atoms with van der Waals surface area (Å²) in [5.74, 6) is 4.23. The van der Waals surface area contributed by atoms with Gasteiger partial charge in [-0.1, -0.05) is 22.8 Å². The quantitative estimate of drug-likeness (QED) is 0.869. The second-order valence-electron chi connectivity index (χ2n) is 4.38. The standard InChI is InChI=1S/C13H14ClN3OS2/c14-9-2-1-3-10(6-9)20-8-12-16-13(18-17-12)11-7-19-5-4-15-11/h1-3,6,11,15H,4-5,7-8H2. The largest absolute Gasteiger partial charge is 0.338 e. The lowest BCUT2D eigenvalue weighted by molar-refractivity contribution is 0.339. The van der Waals surface area contributed by atoms with Crippen molar-refractivity contribution in [3.8, 4) is 0 Å². The molecular weight excluding hydrogens is 314 g/mol. The molecule has 1 N–H and O–H groups in total. The van der Waals surface area contributed by atoms with Crippen LogP contribution in [0.5, 0.6) is 0 Å². The summed E-state index contributed by atoms with van der Waals surface area (Å²) in [5, 5.41) is 8.17. The molecule has 0 aliphatic carbocycles. The average molecular weight is 328 g/mol. The van der Waals surface area contributed by atoms with Gasteiger partial charge in [-0.3, -0.25) is 0 Å². The topological polar surface area (TPSA) is 51.0 Å². The molecule has 1 aromatic heterocycles. The summed E-state index contributed by atoms with van der Waals surface area (Å²) in [6, 6.07) is 7.95. The lowest BCUT2D eigenvalue weighted by Crippen LogP contribution is -2.30. The molecule has 0 bridgehead atoms. The third-order valence-electron chi connectivity index (χ3n) is 2.87. The first-order chi connectivity index (χ1) is 9.81. The van der Waals surface area contributed by atoms with Gasteiger partial charge in [0.05, 0.1) is 11.8 Å². The van der Waals surface area contributed by atoms with Crippen LogP contribution >= 0.6 is 35.1 Å². The number of thioether (sulfide) groups is 2. The Kier molecular flexibility index (Phi) is 4.88. The minimum atomic E-state index is 0.186. The third kappa shape index (κ3) is 3.69. The first kappa shape index (κ1) is 14.3. The first-order valence-electron chi connectivity index (χ1n) is 6.33. The van der Waals surface area contributed by atoms with Gasteiger partial charge in [-0.15, -0.1) is 11.8 Å². The number of halogens is 1. The Morgan fingerprint density at radius 3 is 3.25 bits per heavy atom. The highest BCUT2D eigenvalue weighted by molar-refractivity contribution is 7.99. The van der Waals surface area contributed by atoms with Gasteiger partial charge in [0.25, 0.3) is 0 Å². The van der Waals surface area contributed by atoms with E-state index in [0.717, 1.165) is 33.8 Å². The Labute approximate surface area is 131 Å². The molecule has 7 heteroatoms. The molecule has 1 unspecified atom stereocenters. The zero-order valence-corrected chi connectivity index (χ0v) is 13.1. The number of hydrogen-bond acceptors (Lipinski definition) is 6. The molecule has 0 saturated carbocycles. The lowest BCUT2D eigenvalue weighted by atomic mass is 10.3. The maximum absolute atomic E-state index is 5.96. The number of hydrogen-bond donors (Lipinski definition) is 1. The van der Waals surface area contributed by atoms with E-state index in [-0.39, 0.29) is 6.04 Å². The second kappa shape index (κ2) is 6.85. The molecule has 1 aromatic carbocycles. The van der Waals surface area contributed by atoms with E-state index in [2.05, 4.69) is 15.5 Å². The van der Waals surface area contributed by atoms with E-state index in [1.807, 2.05) is 36.0 Å². The van der Waals surface area contributed by atoms with Crippen molar-refractivity contribution in [2.45, 2.75) is 16.7 Å². The summed E-state index contributed by atoms with van der Waals surface area (Å²) in [6.45, 7) is 0.990. The fourth-order valence-corrected chi connectivity index (χ4v) is 3.87. The van der Waals surface area contributed by atoms with E-state index in [1.54, 1.807) is 11.8 Å². The highest BCUT2D eigenvalue weighted by Gasteiger charge is 2.21. The molecule has 1 atom stereocenters. The van der Waals surface area contributed by atoms with E-state index in [9.17, 15) is 0 Å². The van der Waals surface area contributed by atoms with Crippen LogP contribution < -0.4 is 5.32 Å². The Bertz CT molecular complexity index is 572. The number of nitrogens with one attached hydrogen (secondary N) is 1. The molecule has 106 valence electrons. The van der Waals surface area contributed by atoms with Crippen LogP contribution in [-0.2, 0) is 5.75 Å². The Morgan fingerprint density at radius 1 is 1.50 bits per heavy atom. The van der Waals surface area contributed by atoms with Crippen LogP contribution in [0.15, 0.2) is 33.7 Å². The highest BCUT2D eigenvalue weighted by atomic mass is 35.5. The molecule has 4 nitrogen and oxygen atoms in total. The van der Waals surface area contributed by atoms with E-state index < -0.39 is 0 Å². The predicted octanol–water partition coefficient (Wildman–Crippen LogP) is 3.39. The van der Waals surface area contributed by atoms with Crippen LogP contribution in [0.1, 0.15) is 17.8 Å². The van der Waals surface area contributed by atoms with E-state index >= 15 is 0 Å². The van der Waals surface area contributed by atoms with Crippen molar-refractivity contribution < 1.29 is 4.52 Å². The van der Waals surface area contributed by atoms with Gasteiger partial charge >= 0.3 is 0 Å². The molecule has 2 aromatic rings. The fraction of sp³-hybridized carbons (Fsp3) is 0.385. The zero-order valence-electron chi connectivity index (χ0n) is 10.7. The van der Waals surface area contributed by atoms with Crippen molar-refractivity contribution in [1.82, 2.24) is 15.5 Å². The van der Waals surface area contributed by atoms with Gasteiger partial charge < -0.3 is 9.84 Å². The van der Waals surface area contributed by atoms with Crippen LogP contribution in [0, 0.1) is 0 Å². The Balaban J connectivity index is 1.59. The van der Waals surface area contributed by atoms with Crippen molar-refractivity contribution in [3.05, 3.63) is 41.0 Å². The van der Waals surface area contributed by atoms with Crippen LogP contribution in [0.2, 0.25) is 5.02 Å². The maximum Gasteiger partial charge on any atom is 0.244 e. The maximum atomic E-state index is 5.96. The van der Waals surface area contributed by atoms with Gasteiger partial charge in [0.2, 0.25) is 5.89 Å². The van der Waals surface area contributed by atoms with Gasteiger partial charge in [0, 0.05) is 28.0 Å². The first-order valence-corrected chi connectivity index (χ1v) is 8.85. The Hall–Kier alpha value is -0.690. The van der Waals surface area contributed by atoms with Crippen molar-refractivity contribution in [2.24, 2.45) is 0 Å². The normalized spacial score (nSPS) is 19.1. The molecule has 2 heterocycles. The fourth-order valence-electron chi connectivity index (χ4n) is 1.90. The minimum Gasteiger partial charge on any atom is -0.338 e. The van der Waals surface area contributed by atoms with Crippen LogP contribution in [0.25, 0.3) is 0 Å². The summed E-state index contributed by atoms with van der Waals surface area (Å²) in [6.07, 6.45) is 0. The van der Waals surface area contributed by atoms with Crippen LogP contribution in [0.3, 0.4) is 0 Å². The molecule has 0 amide bonds. The third-order valence-corrected chi connectivity index (χ3v) is 5.15. The molecule has 1 saturated heterocycles. The molecule has 0 spiro atoms. The highest BCUT2D eigenvalue weighted by Crippen LogP contribution is 2.25. The smallest absolute Gasteiger partial charge is 0.244 e. The summed E-state index contributed by atoms with van der Waals surface area (Å²) in [7, 11) is 0. The van der Waals surface area contributed by atoms with Gasteiger partial charge in [0.15, 0.2) is 5.82 Å². The van der Waals surface area contributed by atoms with E-state index in [4.69, 9.17) is 16.1 Å². The second-order valence-corrected chi connectivity index (χ2v) is 7.01. The number of rotatable bonds is 4. The molecule has 3 rings (SSSR count). The molecular formula is C13H14ClN3OS2. The summed E-state index contributed by atoms with van der Waals surface area (Å²) in [5.41, 5.74) is 0. The van der Waals surface area contributed by atoms with Gasteiger partial charge in [-0.2, -0.15) is 16.7 Å². The lowest BCUT2D eigenvalue weighted by Gasteiger charge is -2.19. The van der Waals surface area contributed by atoms with Crippen molar-refractivity contribution >= 4 is 35.1 Å². The van der Waals surface area contributed by atoms with Crippen LogP contribution in [0.4, 0.5) is 0 Å². The van der Waals surface area contributed by atoms with Crippen molar-refractivity contribution in [3.63, 3.8) is 0 Å². The monoisotopic (exact) mass is 327 g/mol. The molecule has 1 aliphatic rings. The van der Waals surface area contributed by atoms with Gasteiger partial charge in [0.1, 0.15) is 0 Å². The van der Waals surface area contributed by atoms with Crippen molar-refractivity contribution in [1.29, 1.82) is 0 Å². The SMILES string of the molecule is Clc1cccc(SCc2noc(C3CSCCN3)n2)c1. The summed E-state index contributed by atoms with van der Waals surface area (Å²) < 4.78 is 5.34. The van der Waals surface area contributed by atoms with E-state index in [0.29, 0.717) is 11.6 Å². The molecule has 0 radical (unpaired) electrons. The minimum absolute atomic E-state index is 0.186. The van der Waals surface area contributed by atoms with E-state index in [1.165, 1.54) is 0 Å². The van der Waals surface area contributed by atoms with Crippen LogP contribution in [-0.4, -0.2) is 28.2 Å². The summed E-state index contributed by atoms with van der Waals surface area (Å²) >= 11 is 9.52. The number of benzene rings is 1. The average Bonchev–Trinajstić information content (AvgIpc) is 2.95.